The molecule has 0 aliphatic carbocycles. The Balaban J connectivity index is 2.27. The molecule has 0 amide bonds. The summed E-state index contributed by atoms with van der Waals surface area (Å²) in [5.41, 5.74) is -2.79. The van der Waals surface area contributed by atoms with E-state index in [1.54, 1.807) is 0 Å². The Morgan fingerprint density at radius 1 is 0.938 bits per heavy atom. The predicted molar refractivity (Wildman–Crippen MR) is 98.0 cm³/mol. The zero-order chi connectivity index (χ0) is 24.0. The summed E-state index contributed by atoms with van der Waals surface area (Å²) in [7, 11) is -3.57. The summed E-state index contributed by atoms with van der Waals surface area (Å²) in [5.74, 6) is -13.1. The Morgan fingerprint density at radius 2 is 1.53 bits per heavy atom. The van der Waals surface area contributed by atoms with Crippen LogP contribution in [0.3, 0.4) is 0 Å². The molecule has 3 aromatic rings. The summed E-state index contributed by atoms with van der Waals surface area (Å²) in [6, 6.07) is 5.51. The van der Waals surface area contributed by atoms with Crippen LogP contribution in [0, 0.1) is 23.3 Å². The monoisotopic (exact) mass is 502 g/mol. The van der Waals surface area contributed by atoms with E-state index in [1.165, 1.54) is 25.3 Å². The van der Waals surface area contributed by atoms with Crippen molar-refractivity contribution in [1.29, 1.82) is 0 Å². The summed E-state index contributed by atoms with van der Waals surface area (Å²) >= 11 is 0.848. The number of ether oxygens (including phenoxy) is 1. The van der Waals surface area contributed by atoms with Gasteiger partial charge in [-0.3, -0.25) is 4.55 Å². The van der Waals surface area contributed by atoms with E-state index in [9.17, 15) is 43.7 Å². The second-order valence-electron chi connectivity index (χ2n) is 6.09. The van der Waals surface area contributed by atoms with Gasteiger partial charge in [-0.15, -0.1) is 0 Å². The highest BCUT2D eigenvalue weighted by molar-refractivity contribution is 7.94. The number of hydrogen-bond donors (Lipinski definition) is 1. The first-order valence-electron chi connectivity index (χ1n) is 8.12. The fraction of sp³-hybridized carbons (Fsp3) is 0.111. The van der Waals surface area contributed by atoms with E-state index in [-0.39, 0.29) is 10.8 Å². The number of hydrogen-bond acceptors (Lipinski definition) is 5. The van der Waals surface area contributed by atoms with Crippen LogP contribution in [0.5, 0.6) is 11.5 Å². The molecule has 0 heterocycles. The van der Waals surface area contributed by atoms with Gasteiger partial charge >= 0.3 is 6.18 Å². The summed E-state index contributed by atoms with van der Waals surface area (Å²) in [6.07, 6.45) is -5.75. The van der Waals surface area contributed by atoms with Crippen LogP contribution in [0.1, 0.15) is 5.56 Å². The molecule has 0 atom stereocenters. The largest absolute Gasteiger partial charge is 0.450 e. The number of fused-ring (bicyclic) bond motifs is 1. The van der Waals surface area contributed by atoms with Crippen molar-refractivity contribution in [3.63, 3.8) is 0 Å². The van der Waals surface area contributed by atoms with Crippen LogP contribution in [0.4, 0.5) is 30.7 Å². The van der Waals surface area contributed by atoms with Gasteiger partial charge in [0.1, 0.15) is 11.3 Å². The quantitative estimate of drug-likeness (QED) is 0.197. The molecule has 0 spiro atoms. The molecule has 0 saturated heterocycles. The lowest BCUT2D eigenvalue weighted by Gasteiger charge is -2.16. The van der Waals surface area contributed by atoms with Crippen LogP contribution in [-0.4, -0.2) is 20.1 Å². The maximum atomic E-state index is 14.2. The first-order chi connectivity index (χ1) is 14.8. The van der Waals surface area contributed by atoms with Gasteiger partial charge in [0.05, 0.1) is 12.0 Å². The number of alkyl halides is 3. The molecule has 0 aromatic heterocycles. The van der Waals surface area contributed by atoms with Crippen molar-refractivity contribution in [2.75, 3.05) is 7.11 Å². The van der Waals surface area contributed by atoms with Crippen LogP contribution < -0.4 is 4.74 Å². The molecule has 0 fully saturated rings. The average Bonchev–Trinajstić information content (AvgIpc) is 2.68. The molecule has 0 unspecified atom stereocenters. The second kappa shape index (κ2) is 8.42. The van der Waals surface area contributed by atoms with Crippen LogP contribution in [0.25, 0.3) is 10.8 Å². The standard InChI is InChI=1S/C18H9F7O5S2/c1-29-31-8-2-3-10-7(4-8)5-9(32(26,27)28)6-11(10)30-17-15(21)13(19)12(18(23,24)25)14(20)16(17)22/h2-6H,1H3,(H,26,27,28). The average molecular weight is 502 g/mol. The molecule has 3 rings (SSSR count). The number of benzene rings is 3. The third kappa shape index (κ3) is 4.48. The normalized spacial score (nSPS) is 12.4. The van der Waals surface area contributed by atoms with E-state index in [2.05, 4.69) is 0 Å². The van der Waals surface area contributed by atoms with Gasteiger partial charge in [0.2, 0.25) is 17.4 Å². The van der Waals surface area contributed by atoms with E-state index < -0.39 is 61.5 Å². The third-order valence-corrected chi connectivity index (χ3v) is 5.50. The highest BCUT2D eigenvalue weighted by Gasteiger charge is 2.43. The zero-order valence-electron chi connectivity index (χ0n) is 15.4. The number of rotatable bonds is 5. The van der Waals surface area contributed by atoms with E-state index in [0.29, 0.717) is 11.0 Å². The van der Waals surface area contributed by atoms with Crippen molar-refractivity contribution in [3.05, 3.63) is 59.2 Å². The van der Waals surface area contributed by atoms with Gasteiger partial charge < -0.3 is 8.92 Å². The summed E-state index contributed by atoms with van der Waals surface area (Å²) in [4.78, 5) is -0.407. The second-order valence-corrected chi connectivity index (χ2v) is 8.48. The fourth-order valence-corrected chi connectivity index (χ4v) is 3.75. The highest BCUT2D eigenvalue weighted by Crippen LogP contribution is 2.42. The van der Waals surface area contributed by atoms with Crippen molar-refractivity contribution < 1.29 is 52.6 Å². The molecule has 172 valence electrons. The zero-order valence-corrected chi connectivity index (χ0v) is 17.1. The molecular formula is C18H9F7O5S2. The van der Waals surface area contributed by atoms with Gasteiger partial charge in [-0.05, 0) is 29.7 Å². The third-order valence-electron chi connectivity index (χ3n) is 4.06. The minimum atomic E-state index is -5.75. The predicted octanol–water partition coefficient (Wildman–Crippen LogP) is 6.11. The molecular weight excluding hydrogens is 493 g/mol. The van der Waals surface area contributed by atoms with Crippen molar-refractivity contribution >= 4 is 32.9 Å². The van der Waals surface area contributed by atoms with Gasteiger partial charge in [0.15, 0.2) is 11.6 Å². The van der Waals surface area contributed by atoms with Crippen molar-refractivity contribution in [3.8, 4) is 11.5 Å². The smallest absolute Gasteiger partial charge is 0.422 e. The first kappa shape index (κ1) is 24.1. The Kier molecular flexibility index (Phi) is 6.34. The maximum absolute atomic E-state index is 14.2. The Hall–Kier alpha value is -2.55. The molecule has 0 aliphatic rings. The molecule has 5 nitrogen and oxygen atoms in total. The highest BCUT2D eigenvalue weighted by atomic mass is 32.2. The van der Waals surface area contributed by atoms with Crippen LogP contribution >= 0.6 is 12.0 Å². The van der Waals surface area contributed by atoms with Crippen molar-refractivity contribution in [2.45, 2.75) is 16.0 Å². The molecule has 0 bridgehead atoms. The Bertz CT molecular complexity index is 1290. The minimum absolute atomic E-state index is 0.0193. The lowest BCUT2D eigenvalue weighted by molar-refractivity contribution is -0.143. The summed E-state index contributed by atoms with van der Waals surface area (Å²) < 4.78 is 137. The summed E-state index contributed by atoms with van der Waals surface area (Å²) in [5, 5.41) is -0.0387. The lowest BCUT2D eigenvalue weighted by atomic mass is 10.1. The van der Waals surface area contributed by atoms with Crippen LogP contribution in [-0.2, 0) is 20.5 Å². The molecule has 0 radical (unpaired) electrons. The molecule has 0 saturated carbocycles. The van der Waals surface area contributed by atoms with E-state index in [0.717, 1.165) is 18.1 Å². The van der Waals surface area contributed by atoms with E-state index >= 15 is 0 Å². The molecule has 14 heteroatoms. The van der Waals surface area contributed by atoms with Crippen LogP contribution in [0.15, 0.2) is 40.1 Å². The fourth-order valence-electron chi connectivity index (χ4n) is 2.73. The van der Waals surface area contributed by atoms with Gasteiger partial charge in [-0.1, -0.05) is 0 Å². The van der Waals surface area contributed by atoms with Crippen molar-refractivity contribution in [2.24, 2.45) is 0 Å². The maximum Gasteiger partial charge on any atom is 0.422 e. The Morgan fingerprint density at radius 3 is 2.03 bits per heavy atom. The van der Waals surface area contributed by atoms with Gasteiger partial charge in [-0.25, -0.2) is 8.78 Å². The molecule has 0 aliphatic heterocycles. The van der Waals surface area contributed by atoms with Gasteiger partial charge in [-0.2, -0.15) is 30.4 Å². The van der Waals surface area contributed by atoms with E-state index in [4.69, 9.17) is 8.92 Å². The molecule has 1 N–H and O–H groups in total. The first-order valence-corrected chi connectivity index (χ1v) is 10.3. The summed E-state index contributed by atoms with van der Waals surface area (Å²) in [6.45, 7) is 0. The van der Waals surface area contributed by atoms with Gasteiger partial charge in [0, 0.05) is 28.4 Å². The minimum Gasteiger partial charge on any atom is -0.450 e. The number of halogens is 7. The topological polar surface area (TPSA) is 72.8 Å². The van der Waals surface area contributed by atoms with Crippen LogP contribution in [0.2, 0.25) is 0 Å². The molecule has 3 aromatic carbocycles. The Labute approximate surface area is 179 Å². The molecule has 32 heavy (non-hydrogen) atoms. The van der Waals surface area contributed by atoms with E-state index in [1.807, 2.05) is 0 Å². The van der Waals surface area contributed by atoms with Crippen molar-refractivity contribution in [1.82, 2.24) is 0 Å². The lowest BCUT2D eigenvalue weighted by Crippen LogP contribution is -2.15. The van der Waals surface area contributed by atoms with Gasteiger partial charge in [0.25, 0.3) is 10.1 Å². The SMILES string of the molecule is COSc1ccc2c(Oc3c(F)c(F)c(C(F)(F)F)c(F)c3F)cc(S(=O)(=O)O)cc2c1.